The lowest BCUT2D eigenvalue weighted by molar-refractivity contribution is -0.700. The van der Waals surface area contributed by atoms with Crippen LogP contribution in [-0.2, 0) is 6.54 Å². The highest BCUT2D eigenvalue weighted by Crippen LogP contribution is 2.18. The van der Waals surface area contributed by atoms with Crippen LogP contribution < -0.4 is 4.57 Å². The summed E-state index contributed by atoms with van der Waals surface area (Å²) in [5, 5.41) is 0. The minimum absolute atomic E-state index is 0.510. The number of hydrogen-bond acceptors (Lipinski definition) is 2. The van der Waals surface area contributed by atoms with Gasteiger partial charge in [0.25, 0.3) is 0 Å². The first kappa shape index (κ1) is 11.7. The third-order valence-electron chi connectivity index (χ3n) is 2.97. The maximum atomic E-state index is 4.21. The Morgan fingerprint density at radius 3 is 2.88 bits per heavy atom. The summed E-state index contributed by atoms with van der Waals surface area (Å²) in [7, 11) is 0. The molecule has 0 N–H and O–H groups in total. The number of nitrogens with zero attached hydrogens (tertiary/aromatic N) is 3. The number of aryl methyl sites for hydroxylation is 1. The number of rotatable bonds is 4. The summed E-state index contributed by atoms with van der Waals surface area (Å²) < 4.78 is 2.20. The van der Waals surface area contributed by atoms with E-state index >= 15 is 0 Å². The van der Waals surface area contributed by atoms with Gasteiger partial charge >= 0.3 is 0 Å². The van der Waals surface area contributed by atoms with Crippen molar-refractivity contribution in [1.82, 2.24) is 9.97 Å². The molecular formula is C14H18N3+. The Morgan fingerprint density at radius 1 is 1.35 bits per heavy atom. The average Bonchev–Trinajstić information content (AvgIpc) is 2.37. The van der Waals surface area contributed by atoms with E-state index in [0.29, 0.717) is 5.92 Å². The van der Waals surface area contributed by atoms with Crippen LogP contribution in [-0.4, -0.2) is 9.97 Å². The molecule has 2 rings (SSSR count). The number of aromatic nitrogens is 3. The normalized spacial score (nSPS) is 12.4. The topological polar surface area (TPSA) is 29.7 Å². The Kier molecular flexibility index (Phi) is 3.81. The van der Waals surface area contributed by atoms with Crippen LogP contribution in [0.15, 0.2) is 43.1 Å². The Bertz CT molecular complexity index is 468. The largest absolute Gasteiger partial charge is 0.264 e. The lowest BCUT2D eigenvalue weighted by Gasteiger charge is -2.11. The van der Waals surface area contributed by atoms with Gasteiger partial charge in [-0.1, -0.05) is 13.0 Å². The highest BCUT2D eigenvalue weighted by Gasteiger charge is 2.15. The van der Waals surface area contributed by atoms with Crippen molar-refractivity contribution in [2.75, 3.05) is 0 Å². The molecule has 2 aromatic heterocycles. The van der Waals surface area contributed by atoms with Crippen LogP contribution >= 0.6 is 0 Å². The summed E-state index contributed by atoms with van der Waals surface area (Å²) in [5.74, 6) is 0.510. The van der Waals surface area contributed by atoms with Crippen molar-refractivity contribution in [3.63, 3.8) is 0 Å². The monoisotopic (exact) mass is 228 g/mol. The van der Waals surface area contributed by atoms with Gasteiger partial charge in [-0.15, -0.1) is 0 Å². The highest BCUT2D eigenvalue weighted by molar-refractivity contribution is 5.13. The van der Waals surface area contributed by atoms with Crippen LogP contribution in [0.1, 0.15) is 30.5 Å². The summed E-state index contributed by atoms with van der Waals surface area (Å²) in [6.45, 7) is 5.21. The molecule has 0 aliphatic rings. The van der Waals surface area contributed by atoms with E-state index < -0.39 is 0 Å². The van der Waals surface area contributed by atoms with Crippen molar-refractivity contribution in [2.24, 2.45) is 0 Å². The molecule has 3 heteroatoms. The lowest BCUT2D eigenvalue weighted by atomic mass is 9.98. The Labute approximate surface area is 102 Å². The van der Waals surface area contributed by atoms with Crippen molar-refractivity contribution in [3.8, 4) is 0 Å². The summed E-state index contributed by atoms with van der Waals surface area (Å²) in [6.07, 6.45) is 10.8. The quantitative estimate of drug-likeness (QED) is 0.751. The van der Waals surface area contributed by atoms with E-state index in [1.165, 1.54) is 5.56 Å². The second-order valence-electron chi connectivity index (χ2n) is 4.29. The second-order valence-corrected chi connectivity index (χ2v) is 4.29. The van der Waals surface area contributed by atoms with Gasteiger partial charge in [0.05, 0.1) is 6.20 Å². The van der Waals surface area contributed by atoms with Crippen molar-refractivity contribution < 1.29 is 4.57 Å². The molecule has 17 heavy (non-hydrogen) atoms. The molecule has 2 heterocycles. The average molecular weight is 228 g/mol. The van der Waals surface area contributed by atoms with Gasteiger partial charge in [-0.3, -0.25) is 4.98 Å². The lowest BCUT2D eigenvalue weighted by Crippen LogP contribution is -2.36. The first-order valence-electron chi connectivity index (χ1n) is 6.01. The third-order valence-corrected chi connectivity index (χ3v) is 2.97. The molecule has 0 aliphatic carbocycles. The first-order chi connectivity index (χ1) is 8.29. The predicted molar refractivity (Wildman–Crippen MR) is 66.4 cm³/mol. The molecule has 0 radical (unpaired) electrons. The molecule has 0 fully saturated rings. The van der Waals surface area contributed by atoms with Crippen LogP contribution in [0, 0.1) is 6.92 Å². The molecule has 0 amide bonds. The fraction of sp³-hybridized carbons (Fsp3) is 0.357. The molecule has 1 atom stereocenters. The fourth-order valence-corrected chi connectivity index (χ4v) is 2.01. The molecule has 3 nitrogen and oxygen atoms in total. The molecule has 0 spiro atoms. The highest BCUT2D eigenvalue weighted by atomic mass is 15.0. The molecule has 0 bridgehead atoms. The summed E-state index contributed by atoms with van der Waals surface area (Å²) in [4.78, 5) is 8.40. The van der Waals surface area contributed by atoms with E-state index in [4.69, 9.17) is 0 Å². The summed E-state index contributed by atoms with van der Waals surface area (Å²) in [5.41, 5.74) is 2.35. The van der Waals surface area contributed by atoms with Gasteiger partial charge in [-0.25, -0.2) is 9.55 Å². The van der Waals surface area contributed by atoms with E-state index in [1.54, 1.807) is 0 Å². The summed E-state index contributed by atoms with van der Waals surface area (Å²) in [6, 6.07) is 4.15. The van der Waals surface area contributed by atoms with Crippen LogP contribution in [0.25, 0.3) is 0 Å². The van der Waals surface area contributed by atoms with Gasteiger partial charge in [0, 0.05) is 18.3 Å². The zero-order valence-electron chi connectivity index (χ0n) is 10.4. The van der Waals surface area contributed by atoms with E-state index in [-0.39, 0.29) is 0 Å². The van der Waals surface area contributed by atoms with Crippen LogP contribution in [0.3, 0.4) is 0 Å². The number of pyridine rings is 1. The van der Waals surface area contributed by atoms with Gasteiger partial charge in [0.2, 0.25) is 0 Å². The SMILES string of the molecule is CCC(C[n+]1ccnc(C)c1)c1cccnc1. The molecular weight excluding hydrogens is 210 g/mol. The smallest absolute Gasteiger partial charge is 0.190 e. The number of hydrogen-bond donors (Lipinski definition) is 0. The Morgan fingerprint density at radius 2 is 2.24 bits per heavy atom. The molecule has 88 valence electrons. The predicted octanol–water partition coefficient (Wildman–Crippen LogP) is 2.27. The molecule has 0 aromatic carbocycles. The molecule has 0 saturated carbocycles. The second kappa shape index (κ2) is 5.53. The van der Waals surface area contributed by atoms with Gasteiger partial charge in [-0.05, 0) is 25.0 Å². The van der Waals surface area contributed by atoms with E-state index in [1.807, 2.05) is 37.8 Å². The van der Waals surface area contributed by atoms with Crippen molar-refractivity contribution in [3.05, 3.63) is 54.4 Å². The molecule has 0 saturated heterocycles. The van der Waals surface area contributed by atoms with Crippen molar-refractivity contribution >= 4 is 0 Å². The molecule has 0 aliphatic heterocycles. The van der Waals surface area contributed by atoms with Crippen LogP contribution in [0.2, 0.25) is 0 Å². The zero-order chi connectivity index (χ0) is 12.1. The van der Waals surface area contributed by atoms with Gasteiger partial charge in [-0.2, -0.15) is 0 Å². The van der Waals surface area contributed by atoms with Crippen LogP contribution in [0.4, 0.5) is 0 Å². The van der Waals surface area contributed by atoms with Crippen LogP contribution in [0.5, 0.6) is 0 Å². The van der Waals surface area contributed by atoms with Gasteiger partial charge in [0.15, 0.2) is 18.9 Å². The van der Waals surface area contributed by atoms with Gasteiger partial charge < -0.3 is 0 Å². The van der Waals surface area contributed by atoms with E-state index in [0.717, 1.165) is 18.7 Å². The van der Waals surface area contributed by atoms with Crippen molar-refractivity contribution in [1.29, 1.82) is 0 Å². The molecule has 1 unspecified atom stereocenters. The Hall–Kier alpha value is -1.77. The summed E-state index contributed by atoms with van der Waals surface area (Å²) >= 11 is 0. The standard InChI is InChI=1S/C14H18N3/c1-3-13(14-5-4-6-15-9-14)11-17-8-7-16-12(2)10-17/h4-10,13H,3,11H2,1-2H3/q+1. The van der Waals surface area contributed by atoms with Gasteiger partial charge in [0.1, 0.15) is 5.69 Å². The first-order valence-corrected chi connectivity index (χ1v) is 6.01. The van der Waals surface area contributed by atoms with Crippen molar-refractivity contribution in [2.45, 2.75) is 32.7 Å². The maximum absolute atomic E-state index is 4.21. The zero-order valence-corrected chi connectivity index (χ0v) is 10.4. The maximum Gasteiger partial charge on any atom is 0.190 e. The Balaban J connectivity index is 2.16. The van der Waals surface area contributed by atoms with E-state index in [2.05, 4.69) is 33.7 Å². The third kappa shape index (κ3) is 3.09. The minimum atomic E-state index is 0.510. The minimum Gasteiger partial charge on any atom is -0.264 e. The fourth-order valence-electron chi connectivity index (χ4n) is 2.01. The van der Waals surface area contributed by atoms with E-state index in [9.17, 15) is 0 Å². The molecule has 2 aromatic rings.